The molecule has 5 rings (SSSR count). The molecular weight excluding hydrogens is 384 g/mol. The van der Waals surface area contributed by atoms with Crippen molar-refractivity contribution in [2.75, 3.05) is 6.26 Å². The van der Waals surface area contributed by atoms with Gasteiger partial charge in [-0.15, -0.1) is 0 Å². The molecule has 3 heterocycles. The zero-order valence-corrected chi connectivity index (χ0v) is 16.8. The van der Waals surface area contributed by atoms with E-state index in [1.165, 1.54) is 11.8 Å². The smallest absolute Gasteiger partial charge is 0.175 e. The maximum atomic E-state index is 11.7. The minimum Gasteiger partial charge on any atom is -0.300 e. The second-order valence-corrected chi connectivity index (χ2v) is 9.10. The summed E-state index contributed by atoms with van der Waals surface area (Å²) in [4.78, 5) is 9.57. The molecule has 0 spiro atoms. The average molecular weight is 402 g/mol. The van der Waals surface area contributed by atoms with Crippen molar-refractivity contribution in [2.45, 2.75) is 11.8 Å². The van der Waals surface area contributed by atoms with Gasteiger partial charge in [0, 0.05) is 23.7 Å². The zero-order valence-electron chi connectivity index (χ0n) is 15.9. The molecule has 29 heavy (non-hydrogen) atoms. The van der Waals surface area contributed by atoms with E-state index in [4.69, 9.17) is 4.98 Å². The molecular formula is C22H18N4O2S. The van der Waals surface area contributed by atoms with Gasteiger partial charge >= 0.3 is 0 Å². The van der Waals surface area contributed by atoms with Crippen LogP contribution < -0.4 is 0 Å². The number of fused-ring (bicyclic) bond motifs is 3. The third-order valence-electron chi connectivity index (χ3n) is 5.14. The monoisotopic (exact) mass is 402 g/mol. The van der Waals surface area contributed by atoms with Gasteiger partial charge in [0.25, 0.3) is 0 Å². The molecule has 5 aromatic rings. The van der Waals surface area contributed by atoms with E-state index in [1.807, 2.05) is 35.0 Å². The van der Waals surface area contributed by atoms with Gasteiger partial charge in [0.15, 0.2) is 15.5 Å². The fourth-order valence-electron chi connectivity index (χ4n) is 3.64. The molecule has 0 aliphatic carbocycles. The van der Waals surface area contributed by atoms with Crippen LogP contribution in [-0.2, 0) is 9.84 Å². The summed E-state index contributed by atoms with van der Waals surface area (Å²) in [5.41, 5.74) is 6.55. The van der Waals surface area contributed by atoms with Crippen LogP contribution in [0.3, 0.4) is 0 Å². The Morgan fingerprint density at radius 1 is 0.897 bits per heavy atom. The maximum Gasteiger partial charge on any atom is 0.175 e. The molecule has 3 aromatic heterocycles. The second-order valence-electron chi connectivity index (χ2n) is 7.08. The summed E-state index contributed by atoms with van der Waals surface area (Å²) >= 11 is 0. The summed E-state index contributed by atoms with van der Waals surface area (Å²) in [6.45, 7) is 2.08. The highest BCUT2D eigenvalue weighted by Crippen LogP contribution is 2.28. The van der Waals surface area contributed by atoms with Crippen LogP contribution in [0, 0.1) is 6.92 Å². The topological polar surface area (TPSA) is 69.3 Å². The van der Waals surface area contributed by atoms with Gasteiger partial charge in [-0.25, -0.2) is 18.4 Å². The highest BCUT2D eigenvalue weighted by molar-refractivity contribution is 7.90. The van der Waals surface area contributed by atoms with Gasteiger partial charge in [0.05, 0.1) is 27.8 Å². The van der Waals surface area contributed by atoms with Gasteiger partial charge in [-0.3, -0.25) is 8.97 Å². The number of aryl methyl sites for hydroxylation is 1. The number of hydrogen-bond donors (Lipinski definition) is 0. The normalized spacial score (nSPS) is 12.1. The third-order valence-corrected chi connectivity index (χ3v) is 6.27. The molecule has 6 nitrogen and oxygen atoms in total. The lowest BCUT2D eigenvalue weighted by atomic mass is 10.1. The first-order valence-electron chi connectivity index (χ1n) is 9.13. The Bertz CT molecular complexity index is 1480. The Morgan fingerprint density at radius 3 is 2.38 bits per heavy atom. The van der Waals surface area contributed by atoms with Gasteiger partial charge in [0.1, 0.15) is 6.33 Å². The zero-order chi connectivity index (χ0) is 20.2. The molecule has 0 atom stereocenters. The van der Waals surface area contributed by atoms with E-state index in [1.54, 1.807) is 30.6 Å². The van der Waals surface area contributed by atoms with Crippen molar-refractivity contribution in [2.24, 2.45) is 0 Å². The molecule has 0 N–H and O–H groups in total. The molecule has 0 bridgehead atoms. The number of rotatable bonds is 3. The Morgan fingerprint density at radius 2 is 1.66 bits per heavy atom. The van der Waals surface area contributed by atoms with Crippen molar-refractivity contribution in [3.05, 3.63) is 78.9 Å². The molecule has 2 aromatic carbocycles. The van der Waals surface area contributed by atoms with Crippen LogP contribution in [0.5, 0.6) is 0 Å². The Balaban J connectivity index is 1.66. The van der Waals surface area contributed by atoms with Crippen LogP contribution in [-0.4, -0.2) is 33.6 Å². The van der Waals surface area contributed by atoms with E-state index in [9.17, 15) is 8.42 Å². The summed E-state index contributed by atoms with van der Waals surface area (Å²) in [5, 5.41) is 0. The highest BCUT2D eigenvalue weighted by atomic mass is 32.2. The lowest BCUT2D eigenvalue weighted by Crippen LogP contribution is -1.98. The SMILES string of the molecule is Cc1ccccc1-n1ccc2c1ncc1c(-c3ccc(S(C)(=O)=O)cc3)ncn12. The van der Waals surface area contributed by atoms with Crippen molar-refractivity contribution in [3.8, 4) is 16.9 Å². The van der Waals surface area contributed by atoms with Crippen LogP contribution in [0.4, 0.5) is 0 Å². The van der Waals surface area contributed by atoms with E-state index < -0.39 is 9.84 Å². The van der Waals surface area contributed by atoms with Gasteiger partial charge in [0.2, 0.25) is 0 Å². The average Bonchev–Trinajstić information content (AvgIpc) is 3.32. The predicted octanol–water partition coefficient (Wildman–Crippen LogP) is 4.05. The number of aromatic nitrogens is 4. The molecule has 0 aliphatic heterocycles. The first kappa shape index (κ1) is 17.6. The van der Waals surface area contributed by atoms with Crippen LogP contribution in [0.15, 0.2) is 78.2 Å². The van der Waals surface area contributed by atoms with Crippen molar-refractivity contribution in [1.82, 2.24) is 18.9 Å². The van der Waals surface area contributed by atoms with Gasteiger partial charge < -0.3 is 0 Å². The molecule has 0 aliphatic rings. The first-order chi connectivity index (χ1) is 13.9. The van der Waals surface area contributed by atoms with Crippen molar-refractivity contribution >= 4 is 26.5 Å². The molecule has 0 saturated heterocycles. The van der Waals surface area contributed by atoms with E-state index in [2.05, 4.69) is 28.6 Å². The van der Waals surface area contributed by atoms with E-state index in [0.717, 1.165) is 33.6 Å². The first-order valence-corrected chi connectivity index (χ1v) is 11.0. The van der Waals surface area contributed by atoms with Crippen molar-refractivity contribution in [1.29, 1.82) is 0 Å². The lowest BCUT2D eigenvalue weighted by Gasteiger charge is -2.08. The van der Waals surface area contributed by atoms with E-state index in [-0.39, 0.29) is 0 Å². The number of nitrogens with zero attached hydrogens (tertiary/aromatic N) is 4. The molecule has 0 fully saturated rings. The van der Waals surface area contributed by atoms with Gasteiger partial charge in [-0.2, -0.15) is 0 Å². The molecule has 7 heteroatoms. The van der Waals surface area contributed by atoms with E-state index in [0.29, 0.717) is 4.90 Å². The molecule has 0 radical (unpaired) electrons. The molecule has 144 valence electrons. The minimum atomic E-state index is -3.23. The molecule has 0 saturated carbocycles. The molecule has 0 unspecified atom stereocenters. The summed E-state index contributed by atoms with van der Waals surface area (Å²) in [6, 6.07) is 17.0. The Labute approximate surface area is 168 Å². The van der Waals surface area contributed by atoms with Crippen molar-refractivity contribution < 1.29 is 8.42 Å². The summed E-state index contributed by atoms with van der Waals surface area (Å²) in [5.74, 6) is 0. The number of hydrogen-bond acceptors (Lipinski definition) is 4. The number of para-hydroxylation sites is 1. The predicted molar refractivity (Wildman–Crippen MR) is 113 cm³/mol. The fourth-order valence-corrected chi connectivity index (χ4v) is 4.27. The van der Waals surface area contributed by atoms with Crippen LogP contribution >= 0.6 is 0 Å². The highest BCUT2D eigenvalue weighted by Gasteiger charge is 2.14. The maximum absolute atomic E-state index is 11.7. The lowest BCUT2D eigenvalue weighted by molar-refractivity contribution is 0.602. The number of sulfone groups is 1. The standard InChI is InChI=1S/C22H18N4O2S/c1-15-5-3-4-6-18(15)25-12-11-19-22(25)23-13-20-21(24-14-26(19)20)16-7-9-17(10-8-16)29(2,27)28/h3-14H,1-2H3. The number of benzene rings is 2. The quantitative estimate of drug-likeness (QED) is 0.456. The van der Waals surface area contributed by atoms with Gasteiger partial charge in [-0.05, 0) is 36.8 Å². The van der Waals surface area contributed by atoms with Crippen LogP contribution in [0.1, 0.15) is 5.56 Å². The summed E-state index contributed by atoms with van der Waals surface area (Å²) in [6.07, 6.45) is 6.80. The summed E-state index contributed by atoms with van der Waals surface area (Å²) < 4.78 is 27.5. The molecule has 0 amide bonds. The van der Waals surface area contributed by atoms with E-state index >= 15 is 0 Å². The van der Waals surface area contributed by atoms with Crippen LogP contribution in [0.25, 0.3) is 33.6 Å². The minimum absolute atomic E-state index is 0.292. The Kier molecular flexibility index (Phi) is 3.82. The Hall–Kier alpha value is -3.45. The third kappa shape index (κ3) is 2.82. The van der Waals surface area contributed by atoms with Gasteiger partial charge in [-0.1, -0.05) is 30.3 Å². The number of imidazole rings is 1. The largest absolute Gasteiger partial charge is 0.300 e. The van der Waals surface area contributed by atoms with Crippen LogP contribution in [0.2, 0.25) is 0 Å². The second kappa shape index (κ2) is 6.28. The summed E-state index contributed by atoms with van der Waals surface area (Å²) in [7, 11) is -3.23. The van der Waals surface area contributed by atoms with Crippen molar-refractivity contribution in [3.63, 3.8) is 0 Å². The fraction of sp³-hybridized carbons (Fsp3) is 0.0909.